The molecule has 1 saturated heterocycles. The predicted molar refractivity (Wildman–Crippen MR) is 109 cm³/mol. The molecule has 0 bridgehead atoms. The van der Waals surface area contributed by atoms with E-state index in [0.717, 1.165) is 46.6 Å². The fourth-order valence-electron chi connectivity index (χ4n) is 3.44. The number of thiazole rings is 1. The summed E-state index contributed by atoms with van der Waals surface area (Å²) in [5.74, 6) is 1.29. The highest BCUT2D eigenvalue weighted by molar-refractivity contribution is 7.18. The Balaban J connectivity index is 1.43. The molecule has 4 nitrogen and oxygen atoms in total. The van der Waals surface area contributed by atoms with E-state index in [1.165, 1.54) is 42.7 Å². The molecule has 1 atom stereocenters. The highest BCUT2D eigenvalue weighted by Gasteiger charge is 2.13. The summed E-state index contributed by atoms with van der Waals surface area (Å²) in [7, 11) is 0. The van der Waals surface area contributed by atoms with Gasteiger partial charge in [0.25, 0.3) is 0 Å². The van der Waals surface area contributed by atoms with Crippen LogP contribution in [0.15, 0.2) is 48.7 Å². The largest absolute Gasteiger partial charge is 0.317 e. The lowest BCUT2D eigenvalue weighted by Gasteiger charge is -2.13. The van der Waals surface area contributed by atoms with Gasteiger partial charge in [0.15, 0.2) is 5.13 Å². The number of pyridine rings is 1. The van der Waals surface area contributed by atoms with Gasteiger partial charge < -0.3 is 10.6 Å². The summed E-state index contributed by atoms with van der Waals surface area (Å²) in [4.78, 5) is 10.2. The number of rotatable bonds is 5. The normalized spacial score (nSPS) is 17.4. The number of hydrogen-bond acceptors (Lipinski definition) is 5. The smallest absolute Gasteiger partial charge is 0.188 e. The minimum Gasteiger partial charge on any atom is -0.317 e. The lowest BCUT2D eigenvalue weighted by Crippen LogP contribution is -2.14. The van der Waals surface area contributed by atoms with Gasteiger partial charge in [0.05, 0.1) is 4.88 Å². The molecule has 0 saturated carbocycles. The monoisotopic (exact) mass is 382 g/mol. The number of nitrogens with zero attached hydrogens (tertiary/aromatic N) is 2. The van der Waals surface area contributed by atoms with Crippen LogP contribution in [0.1, 0.15) is 25.0 Å². The zero-order chi connectivity index (χ0) is 18.5. The summed E-state index contributed by atoms with van der Waals surface area (Å²) < 4.78 is 13.1. The molecule has 140 valence electrons. The zero-order valence-corrected chi connectivity index (χ0v) is 15.9. The average molecular weight is 383 g/mol. The Bertz CT molecular complexity index is 870. The number of anilines is 2. The summed E-state index contributed by atoms with van der Waals surface area (Å²) in [6.07, 6.45) is 6.55. The molecule has 27 heavy (non-hydrogen) atoms. The maximum Gasteiger partial charge on any atom is 0.188 e. The maximum absolute atomic E-state index is 13.1. The Labute approximate surface area is 162 Å². The third kappa shape index (κ3) is 4.90. The molecule has 2 N–H and O–H groups in total. The molecule has 0 spiro atoms. The van der Waals surface area contributed by atoms with Crippen molar-refractivity contribution in [3.8, 4) is 10.4 Å². The van der Waals surface area contributed by atoms with Crippen molar-refractivity contribution in [3.05, 3.63) is 60.2 Å². The second kappa shape index (κ2) is 8.59. The molecule has 1 aliphatic heterocycles. The molecule has 0 unspecified atom stereocenters. The van der Waals surface area contributed by atoms with E-state index < -0.39 is 0 Å². The van der Waals surface area contributed by atoms with Crippen molar-refractivity contribution in [2.45, 2.75) is 25.7 Å². The van der Waals surface area contributed by atoms with Crippen molar-refractivity contribution >= 4 is 22.3 Å². The SMILES string of the molecule is Fc1ccc(-c2cnc(Nc3cccc(C[C@H]4CCCNCC4)n3)s2)cc1. The van der Waals surface area contributed by atoms with Gasteiger partial charge in [0.2, 0.25) is 0 Å². The molecule has 0 amide bonds. The Kier molecular flexibility index (Phi) is 5.75. The van der Waals surface area contributed by atoms with Gasteiger partial charge in [-0.05, 0) is 74.5 Å². The van der Waals surface area contributed by atoms with Crippen LogP contribution >= 0.6 is 11.3 Å². The van der Waals surface area contributed by atoms with Crippen LogP contribution in [0, 0.1) is 11.7 Å². The Morgan fingerprint density at radius 2 is 2.00 bits per heavy atom. The minimum absolute atomic E-state index is 0.230. The van der Waals surface area contributed by atoms with E-state index in [1.807, 2.05) is 18.3 Å². The van der Waals surface area contributed by atoms with Crippen LogP contribution < -0.4 is 10.6 Å². The Hall–Kier alpha value is -2.31. The lowest BCUT2D eigenvalue weighted by molar-refractivity contribution is 0.465. The van der Waals surface area contributed by atoms with Gasteiger partial charge >= 0.3 is 0 Å². The molecular formula is C21H23FN4S. The fourth-order valence-corrected chi connectivity index (χ4v) is 4.27. The molecule has 3 aromatic rings. The number of aromatic nitrogens is 2. The summed E-state index contributed by atoms with van der Waals surface area (Å²) in [6, 6.07) is 12.6. The van der Waals surface area contributed by atoms with Gasteiger partial charge in [-0.3, -0.25) is 0 Å². The highest BCUT2D eigenvalue weighted by Crippen LogP contribution is 2.30. The molecular weight excluding hydrogens is 359 g/mol. The number of hydrogen-bond donors (Lipinski definition) is 2. The second-order valence-electron chi connectivity index (χ2n) is 6.93. The topological polar surface area (TPSA) is 49.8 Å². The second-order valence-corrected chi connectivity index (χ2v) is 7.96. The molecule has 1 aromatic carbocycles. The van der Waals surface area contributed by atoms with Crippen LogP contribution in [-0.2, 0) is 6.42 Å². The first-order valence-corrected chi connectivity index (χ1v) is 10.2. The van der Waals surface area contributed by atoms with E-state index in [-0.39, 0.29) is 5.82 Å². The molecule has 0 aliphatic carbocycles. The molecule has 4 rings (SSSR count). The van der Waals surface area contributed by atoms with E-state index in [9.17, 15) is 4.39 Å². The van der Waals surface area contributed by atoms with Crippen LogP contribution in [-0.4, -0.2) is 23.1 Å². The summed E-state index contributed by atoms with van der Waals surface area (Å²) in [6.45, 7) is 2.24. The standard InChI is InChI=1S/C21H23FN4S/c22-17-8-6-16(7-9-17)19-14-24-21(27-19)26-20-5-1-4-18(25-20)13-15-3-2-11-23-12-10-15/h1,4-9,14-15,23H,2-3,10-13H2,(H,24,25,26)/t15-/m0/s1. The van der Waals surface area contributed by atoms with E-state index in [4.69, 9.17) is 4.98 Å². The highest BCUT2D eigenvalue weighted by atomic mass is 32.1. The minimum atomic E-state index is -0.230. The lowest BCUT2D eigenvalue weighted by atomic mass is 9.95. The molecule has 3 heterocycles. The van der Waals surface area contributed by atoms with Crippen molar-refractivity contribution in [3.63, 3.8) is 0 Å². The summed E-state index contributed by atoms with van der Waals surface area (Å²) in [5.41, 5.74) is 2.09. The van der Waals surface area contributed by atoms with E-state index in [1.54, 1.807) is 12.1 Å². The van der Waals surface area contributed by atoms with Gasteiger partial charge in [0.1, 0.15) is 11.6 Å². The molecule has 1 aliphatic rings. The summed E-state index contributed by atoms with van der Waals surface area (Å²) in [5, 5.41) is 7.56. The first kappa shape index (κ1) is 18.1. The van der Waals surface area contributed by atoms with Gasteiger partial charge in [-0.15, -0.1) is 0 Å². The zero-order valence-electron chi connectivity index (χ0n) is 15.1. The van der Waals surface area contributed by atoms with E-state index in [0.29, 0.717) is 5.92 Å². The van der Waals surface area contributed by atoms with E-state index in [2.05, 4.69) is 21.7 Å². The van der Waals surface area contributed by atoms with Crippen molar-refractivity contribution in [1.82, 2.24) is 15.3 Å². The average Bonchev–Trinajstić information content (AvgIpc) is 2.98. The Morgan fingerprint density at radius 3 is 2.89 bits per heavy atom. The fraction of sp³-hybridized carbons (Fsp3) is 0.333. The first-order valence-electron chi connectivity index (χ1n) is 9.42. The predicted octanol–water partition coefficient (Wildman–Crippen LogP) is 5.02. The van der Waals surface area contributed by atoms with Crippen molar-refractivity contribution < 1.29 is 4.39 Å². The van der Waals surface area contributed by atoms with Gasteiger partial charge in [-0.2, -0.15) is 0 Å². The van der Waals surface area contributed by atoms with Crippen molar-refractivity contribution in [1.29, 1.82) is 0 Å². The molecule has 6 heteroatoms. The van der Waals surface area contributed by atoms with Gasteiger partial charge in [-0.1, -0.05) is 29.5 Å². The number of benzene rings is 1. The quantitative estimate of drug-likeness (QED) is 0.650. The molecule has 0 radical (unpaired) electrons. The third-order valence-electron chi connectivity index (χ3n) is 4.87. The third-order valence-corrected chi connectivity index (χ3v) is 5.83. The van der Waals surface area contributed by atoms with Crippen LogP contribution in [0.3, 0.4) is 0 Å². The summed E-state index contributed by atoms with van der Waals surface area (Å²) >= 11 is 1.54. The number of nitrogens with one attached hydrogen (secondary N) is 2. The van der Waals surface area contributed by atoms with E-state index >= 15 is 0 Å². The first-order chi connectivity index (χ1) is 13.3. The van der Waals surface area contributed by atoms with Crippen LogP contribution in [0.5, 0.6) is 0 Å². The van der Waals surface area contributed by atoms with Gasteiger partial charge in [-0.25, -0.2) is 14.4 Å². The van der Waals surface area contributed by atoms with Crippen LogP contribution in [0.4, 0.5) is 15.3 Å². The van der Waals surface area contributed by atoms with Gasteiger partial charge in [0, 0.05) is 11.9 Å². The molecule has 2 aromatic heterocycles. The van der Waals surface area contributed by atoms with Crippen LogP contribution in [0.25, 0.3) is 10.4 Å². The van der Waals surface area contributed by atoms with Crippen molar-refractivity contribution in [2.24, 2.45) is 5.92 Å². The maximum atomic E-state index is 13.1. The molecule has 1 fully saturated rings. The Morgan fingerprint density at radius 1 is 1.11 bits per heavy atom. The van der Waals surface area contributed by atoms with Crippen LogP contribution in [0.2, 0.25) is 0 Å². The number of halogens is 1. The van der Waals surface area contributed by atoms with Crippen molar-refractivity contribution in [2.75, 3.05) is 18.4 Å².